The summed E-state index contributed by atoms with van der Waals surface area (Å²) in [4.78, 5) is 19.1. The highest BCUT2D eigenvalue weighted by Gasteiger charge is 2.37. The minimum atomic E-state index is -0.152. The van der Waals surface area contributed by atoms with E-state index in [-0.39, 0.29) is 11.3 Å². The van der Waals surface area contributed by atoms with Crippen molar-refractivity contribution in [1.29, 1.82) is 0 Å². The number of hydrogen-bond donors (Lipinski definition) is 0. The van der Waals surface area contributed by atoms with Crippen molar-refractivity contribution in [1.82, 2.24) is 9.88 Å². The number of hydrogen-bond acceptors (Lipinski definition) is 6. The van der Waals surface area contributed by atoms with Crippen LogP contribution in [-0.4, -0.2) is 35.8 Å². The zero-order chi connectivity index (χ0) is 18.1. The molecule has 2 heterocycles. The number of amides is 1. The molecule has 3 aromatic rings. The number of para-hydroxylation sites is 1. The molecule has 1 saturated heterocycles. The number of fused-ring (bicyclic) bond motifs is 1. The first-order valence-corrected chi connectivity index (χ1v) is 10.0. The Labute approximate surface area is 159 Å². The molecule has 1 aliphatic heterocycles. The largest absolute Gasteiger partial charge is 0.496 e. The minimum Gasteiger partial charge on any atom is -0.496 e. The van der Waals surface area contributed by atoms with Crippen LogP contribution in [0.25, 0.3) is 10.2 Å². The lowest BCUT2D eigenvalue weighted by Gasteiger charge is -2.26. The molecule has 0 bridgehead atoms. The van der Waals surface area contributed by atoms with Gasteiger partial charge >= 0.3 is 0 Å². The predicted octanol–water partition coefficient (Wildman–Crippen LogP) is 4.09. The maximum Gasteiger partial charge on any atom is 0.234 e. The van der Waals surface area contributed by atoms with Crippen LogP contribution in [0.1, 0.15) is 15.9 Å². The van der Waals surface area contributed by atoms with Crippen LogP contribution in [0.15, 0.2) is 42.5 Å². The van der Waals surface area contributed by atoms with Crippen molar-refractivity contribution in [2.45, 2.75) is 11.9 Å². The summed E-state index contributed by atoms with van der Waals surface area (Å²) in [5.41, 5.74) is 1.87. The Hall–Kier alpha value is -2.25. The Kier molecular flexibility index (Phi) is 4.74. The third kappa shape index (κ3) is 3.01. The van der Waals surface area contributed by atoms with Crippen molar-refractivity contribution in [2.24, 2.45) is 0 Å². The molecule has 0 spiro atoms. The van der Waals surface area contributed by atoms with E-state index in [0.29, 0.717) is 12.3 Å². The van der Waals surface area contributed by atoms with Crippen LogP contribution in [0.5, 0.6) is 11.5 Å². The smallest absolute Gasteiger partial charge is 0.234 e. The Morgan fingerprint density at radius 1 is 1.12 bits per heavy atom. The third-order valence-corrected chi connectivity index (χ3v) is 6.57. The summed E-state index contributed by atoms with van der Waals surface area (Å²) in [6.45, 7) is 0.483. The summed E-state index contributed by atoms with van der Waals surface area (Å²) in [7, 11) is 3.27. The molecule has 0 radical (unpaired) electrons. The standard InChI is InChI=1S/C19H18N2O3S2/c1-23-13-7-5-8-14(24-2)18(13)19-21(17(22)11-25-19)10-16-20-12-6-3-4-9-15(12)26-16/h3-9,19H,10-11H2,1-2H3. The number of methoxy groups -OCH3 is 2. The maximum absolute atomic E-state index is 12.6. The van der Waals surface area contributed by atoms with Gasteiger partial charge in [0.05, 0.1) is 42.3 Å². The molecule has 1 aliphatic rings. The van der Waals surface area contributed by atoms with Gasteiger partial charge in [-0.15, -0.1) is 23.1 Å². The second-order valence-electron chi connectivity index (χ2n) is 5.84. The fourth-order valence-corrected chi connectivity index (χ4v) is 5.32. The molecule has 7 heteroatoms. The zero-order valence-electron chi connectivity index (χ0n) is 14.5. The summed E-state index contributed by atoms with van der Waals surface area (Å²) in [5.74, 6) is 2.00. The second kappa shape index (κ2) is 7.17. The number of rotatable bonds is 5. The Balaban J connectivity index is 1.70. The zero-order valence-corrected chi connectivity index (χ0v) is 16.1. The summed E-state index contributed by atoms with van der Waals surface area (Å²) in [6, 6.07) is 13.7. The lowest BCUT2D eigenvalue weighted by molar-refractivity contribution is -0.128. The molecule has 5 nitrogen and oxygen atoms in total. The first kappa shape index (κ1) is 17.2. The molecule has 1 aromatic heterocycles. The fraction of sp³-hybridized carbons (Fsp3) is 0.263. The van der Waals surface area contributed by atoms with Gasteiger partial charge in [0.1, 0.15) is 21.9 Å². The highest BCUT2D eigenvalue weighted by molar-refractivity contribution is 8.00. The molecule has 0 aliphatic carbocycles. The van der Waals surface area contributed by atoms with Crippen LogP contribution < -0.4 is 9.47 Å². The molecule has 1 fully saturated rings. The number of thioether (sulfide) groups is 1. The van der Waals surface area contributed by atoms with Gasteiger partial charge in [0, 0.05) is 0 Å². The third-order valence-electron chi connectivity index (χ3n) is 4.32. The fourth-order valence-electron chi connectivity index (χ4n) is 3.12. The molecular weight excluding hydrogens is 368 g/mol. The van der Waals surface area contributed by atoms with E-state index < -0.39 is 0 Å². The van der Waals surface area contributed by atoms with Gasteiger partial charge in [0.2, 0.25) is 5.91 Å². The van der Waals surface area contributed by atoms with Gasteiger partial charge in [-0.2, -0.15) is 0 Å². The maximum atomic E-state index is 12.6. The minimum absolute atomic E-state index is 0.104. The van der Waals surface area contributed by atoms with Crippen LogP contribution in [0.3, 0.4) is 0 Å². The average molecular weight is 386 g/mol. The van der Waals surface area contributed by atoms with Crippen molar-refractivity contribution in [3.05, 3.63) is 53.0 Å². The van der Waals surface area contributed by atoms with Crippen molar-refractivity contribution < 1.29 is 14.3 Å². The lowest BCUT2D eigenvalue weighted by atomic mass is 10.1. The van der Waals surface area contributed by atoms with Crippen LogP contribution in [-0.2, 0) is 11.3 Å². The summed E-state index contributed by atoms with van der Waals surface area (Å²) in [6.07, 6.45) is 0. The Morgan fingerprint density at radius 2 is 1.85 bits per heavy atom. The molecule has 1 amide bonds. The first-order valence-electron chi connectivity index (χ1n) is 8.17. The van der Waals surface area contributed by atoms with Crippen LogP contribution in [0.4, 0.5) is 0 Å². The number of ether oxygens (including phenoxy) is 2. The SMILES string of the molecule is COc1cccc(OC)c1C1SCC(=O)N1Cc1nc2ccccc2s1. The van der Waals surface area contributed by atoms with Crippen LogP contribution >= 0.6 is 23.1 Å². The summed E-state index contributed by atoms with van der Waals surface area (Å²) >= 11 is 3.22. The quantitative estimate of drug-likeness (QED) is 0.661. The Bertz CT molecular complexity index is 902. The van der Waals surface area contributed by atoms with Gasteiger partial charge in [-0.1, -0.05) is 18.2 Å². The van der Waals surface area contributed by atoms with E-state index in [1.54, 1.807) is 37.3 Å². The van der Waals surface area contributed by atoms with E-state index in [4.69, 9.17) is 9.47 Å². The number of aromatic nitrogens is 1. The average Bonchev–Trinajstić information content (AvgIpc) is 3.24. The number of thiazole rings is 1. The highest BCUT2D eigenvalue weighted by atomic mass is 32.2. The molecule has 0 saturated carbocycles. The molecule has 4 rings (SSSR count). The van der Waals surface area contributed by atoms with Crippen LogP contribution in [0.2, 0.25) is 0 Å². The summed E-state index contributed by atoms with van der Waals surface area (Å²) in [5, 5.41) is 0.779. The number of benzene rings is 2. The summed E-state index contributed by atoms with van der Waals surface area (Å²) < 4.78 is 12.2. The number of carbonyl (C=O) groups excluding carboxylic acids is 1. The van der Waals surface area contributed by atoms with E-state index in [1.807, 2.05) is 41.3 Å². The van der Waals surface area contributed by atoms with E-state index in [1.165, 1.54) is 0 Å². The lowest BCUT2D eigenvalue weighted by Crippen LogP contribution is -2.28. The molecule has 2 aromatic carbocycles. The molecule has 1 atom stereocenters. The Morgan fingerprint density at radius 3 is 2.54 bits per heavy atom. The van der Waals surface area contributed by atoms with Gasteiger partial charge in [-0.3, -0.25) is 4.79 Å². The number of carbonyl (C=O) groups is 1. The number of nitrogens with zero attached hydrogens (tertiary/aromatic N) is 2. The topological polar surface area (TPSA) is 51.7 Å². The van der Waals surface area contributed by atoms with Gasteiger partial charge in [-0.05, 0) is 24.3 Å². The van der Waals surface area contributed by atoms with Crippen molar-refractivity contribution >= 4 is 39.2 Å². The van der Waals surface area contributed by atoms with Crippen molar-refractivity contribution in [3.8, 4) is 11.5 Å². The van der Waals surface area contributed by atoms with E-state index in [0.717, 1.165) is 32.3 Å². The molecule has 26 heavy (non-hydrogen) atoms. The van der Waals surface area contributed by atoms with E-state index in [2.05, 4.69) is 11.1 Å². The van der Waals surface area contributed by atoms with Gasteiger partial charge in [-0.25, -0.2) is 4.98 Å². The molecule has 0 N–H and O–H groups in total. The van der Waals surface area contributed by atoms with E-state index in [9.17, 15) is 4.79 Å². The van der Waals surface area contributed by atoms with Crippen molar-refractivity contribution in [2.75, 3.05) is 20.0 Å². The molecule has 1 unspecified atom stereocenters. The highest BCUT2D eigenvalue weighted by Crippen LogP contribution is 2.47. The van der Waals surface area contributed by atoms with E-state index >= 15 is 0 Å². The van der Waals surface area contributed by atoms with Gasteiger partial charge < -0.3 is 14.4 Å². The monoisotopic (exact) mass is 386 g/mol. The first-order chi connectivity index (χ1) is 12.7. The van der Waals surface area contributed by atoms with Gasteiger partial charge in [0.15, 0.2) is 0 Å². The van der Waals surface area contributed by atoms with Crippen LogP contribution in [0, 0.1) is 0 Å². The molecular formula is C19H18N2O3S2. The molecule has 134 valence electrons. The second-order valence-corrected chi connectivity index (χ2v) is 8.02. The normalized spacial score (nSPS) is 17.1. The predicted molar refractivity (Wildman–Crippen MR) is 105 cm³/mol. The van der Waals surface area contributed by atoms with Gasteiger partial charge in [0.25, 0.3) is 0 Å². The van der Waals surface area contributed by atoms with Crippen molar-refractivity contribution in [3.63, 3.8) is 0 Å².